The third-order valence-electron chi connectivity index (χ3n) is 3.46. The Kier molecular flexibility index (Phi) is 3.96. The Bertz CT molecular complexity index is 299. The number of aromatic amines is 1. The summed E-state index contributed by atoms with van der Waals surface area (Å²) in [5.41, 5.74) is 1.22. The van der Waals surface area contributed by atoms with Crippen LogP contribution in [-0.2, 0) is 4.74 Å². The summed E-state index contributed by atoms with van der Waals surface area (Å²) in [6, 6.07) is 0.933. The Morgan fingerprint density at radius 2 is 2.44 bits per heavy atom. The summed E-state index contributed by atoms with van der Waals surface area (Å²) < 4.78 is 5.44. The second-order valence-corrected chi connectivity index (χ2v) is 4.64. The largest absolute Gasteiger partial charge is 0.381 e. The predicted molar refractivity (Wildman–Crippen MR) is 63.2 cm³/mol. The van der Waals surface area contributed by atoms with E-state index in [1.807, 2.05) is 19.5 Å². The van der Waals surface area contributed by atoms with E-state index in [0.29, 0.717) is 18.2 Å². The van der Waals surface area contributed by atoms with Gasteiger partial charge in [0, 0.05) is 31.0 Å². The third kappa shape index (κ3) is 2.83. The van der Waals surface area contributed by atoms with Gasteiger partial charge in [-0.25, -0.2) is 0 Å². The van der Waals surface area contributed by atoms with Crippen LogP contribution in [0.4, 0.5) is 0 Å². The van der Waals surface area contributed by atoms with Crippen LogP contribution in [0, 0.1) is 0 Å². The molecule has 0 bridgehead atoms. The van der Waals surface area contributed by atoms with Gasteiger partial charge < -0.3 is 10.1 Å². The van der Waals surface area contributed by atoms with Crippen LogP contribution in [-0.4, -0.2) is 29.5 Å². The summed E-state index contributed by atoms with van der Waals surface area (Å²) in [6.07, 6.45) is 9.11. The molecule has 1 heterocycles. The summed E-state index contributed by atoms with van der Waals surface area (Å²) in [7, 11) is 1.81. The number of rotatable bonds is 4. The molecule has 2 N–H and O–H groups in total. The highest BCUT2D eigenvalue weighted by Crippen LogP contribution is 2.23. The van der Waals surface area contributed by atoms with E-state index < -0.39 is 0 Å². The molecule has 4 heteroatoms. The van der Waals surface area contributed by atoms with Crippen molar-refractivity contribution in [1.82, 2.24) is 15.5 Å². The number of H-pyrrole nitrogens is 1. The van der Waals surface area contributed by atoms with Gasteiger partial charge >= 0.3 is 0 Å². The van der Waals surface area contributed by atoms with Crippen LogP contribution >= 0.6 is 0 Å². The fourth-order valence-corrected chi connectivity index (χ4v) is 2.46. The number of methoxy groups -OCH3 is 1. The van der Waals surface area contributed by atoms with Gasteiger partial charge in [0.15, 0.2) is 0 Å². The molecule has 1 saturated carbocycles. The molecule has 90 valence electrons. The standard InChI is InChI=1S/C12H21N3O/c1-9(10-7-13-14-8-10)15-11-4-3-5-12(6-11)16-2/h7-9,11-12,15H,3-6H2,1-2H3,(H,13,14). The van der Waals surface area contributed by atoms with Gasteiger partial charge in [-0.05, 0) is 32.6 Å². The Morgan fingerprint density at radius 3 is 3.12 bits per heavy atom. The summed E-state index contributed by atoms with van der Waals surface area (Å²) in [6.45, 7) is 2.18. The number of nitrogens with one attached hydrogen (secondary N) is 2. The molecule has 0 aromatic carbocycles. The first-order valence-corrected chi connectivity index (χ1v) is 6.07. The first kappa shape index (κ1) is 11.6. The molecule has 0 spiro atoms. The first-order valence-electron chi connectivity index (χ1n) is 6.07. The van der Waals surface area contributed by atoms with Crippen molar-refractivity contribution in [2.24, 2.45) is 0 Å². The van der Waals surface area contributed by atoms with Crippen molar-refractivity contribution in [2.75, 3.05) is 7.11 Å². The Morgan fingerprint density at radius 1 is 1.56 bits per heavy atom. The maximum Gasteiger partial charge on any atom is 0.0586 e. The van der Waals surface area contributed by atoms with Gasteiger partial charge in [-0.15, -0.1) is 0 Å². The molecule has 1 fully saturated rings. The lowest BCUT2D eigenvalue weighted by Crippen LogP contribution is -2.37. The zero-order valence-corrected chi connectivity index (χ0v) is 10.1. The Balaban J connectivity index is 1.84. The second kappa shape index (κ2) is 5.46. The molecule has 1 aromatic heterocycles. The average Bonchev–Trinajstić information content (AvgIpc) is 2.83. The third-order valence-corrected chi connectivity index (χ3v) is 3.46. The second-order valence-electron chi connectivity index (χ2n) is 4.64. The van der Waals surface area contributed by atoms with E-state index in [2.05, 4.69) is 22.4 Å². The average molecular weight is 223 g/mol. The molecule has 3 atom stereocenters. The normalized spacial score (nSPS) is 27.9. The predicted octanol–water partition coefficient (Wildman–Crippen LogP) is 2.02. The van der Waals surface area contributed by atoms with Crippen molar-refractivity contribution in [3.63, 3.8) is 0 Å². The number of aromatic nitrogens is 2. The van der Waals surface area contributed by atoms with Gasteiger partial charge in [0.05, 0.1) is 12.3 Å². The number of hydrogen-bond donors (Lipinski definition) is 2. The van der Waals surface area contributed by atoms with Crippen molar-refractivity contribution in [2.45, 2.75) is 50.8 Å². The topological polar surface area (TPSA) is 49.9 Å². The van der Waals surface area contributed by atoms with Crippen LogP contribution in [0.15, 0.2) is 12.4 Å². The van der Waals surface area contributed by atoms with Crippen molar-refractivity contribution < 1.29 is 4.74 Å². The molecule has 16 heavy (non-hydrogen) atoms. The van der Waals surface area contributed by atoms with E-state index >= 15 is 0 Å². The van der Waals surface area contributed by atoms with Gasteiger partial charge in [0.25, 0.3) is 0 Å². The highest BCUT2D eigenvalue weighted by atomic mass is 16.5. The maximum absolute atomic E-state index is 5.44. The minimum atomic E-state index is 0.361. The van der Waals surface area contributed by atoms with E-state index in [9.17, 15) is 0 Å². The highest BCUT2D eigenvalue weighted by Gasteiger charge is 2.23. The smallest absolute Gasteiger partial charge is 0.0586 e. The molecule has 1 aliphatic rings. The number of ether oxygens (including phenoxy) is 1. The van der Waals surface area contributed by atoms with Gasteiger partial charge in [-0.2, -0.15) is 5.10 Å². The quantitative estimate of drug-likeness (QED) is 0.821. The molecule has 0 saturated heterocycles. The van der Waals surface area contributed by atoms with E-state index in [1.165, 1.54) is 24.8 Å². The summed E-state index contributed by atoms with van der Waals surface area (Å²) in [5.74, 6) is 0. The molecule has 0 aliphatic heterocycles. The van der Waals surface area contributed by atoms with Gasteiger partial charge in [0.1, 0.15) is 0 Å². The van der Waals surface area contributed by atoms with Gasteiger partial charge in [0.2, 0.25) is 0 Å². The molecule has 2 rings (SSSR count). The van der Waals surface area contributed by atoms with E-state index in [1.54, 1.807) is 0 Å². The van der Waals surface area contributed by atoms with E-state index in [4.69, 9.17) is 4.74 Å². The minimum Gasteiger partial charge on any atom is -0.381 e. The van der Waals surface area contributed by atoms with Crippen LogP contribution in [0.1, 0.15) is 44.2 Å². The van der Waals surface area contributed by atoms with Crippen LogP contribution in [0.3, 0.4) is 0 Å². The molecule has 0 radical (unpaired) electrons. The molecule has 3 unspecified atom stereocenters. The van der Waals surface area contributed by atoms with Crippen molar-refractivity contribution in [3.8, 4) is 0 Å². The SMILES string of the molecule is COC1CCCC(NC(C)c2cn[nH]c2)C1. The highest BCUT2D eigenvalue weighted by molar-refractivity contribution is 5.08. The molecule has 0 amide bonds. The monoisotopic (exact) mass is 223 g/mol. The lowest BCUT2D eigenvalue weighted by Gasteiger charge is -2.30. The summed E-state index contributed by atoms with van der Waals surface area (Å²) in [5, 5.41) is 10.5. The fourth-order valence-electron chi connectivity index (χ4n) is 2.46. The van der Waals surface area contributed by atoms with Crippen LogP contribution in [0.2, 0.25) is 0 Å². The zero-order valence-electron chi connectivity index (χ0n) is 10.1. The Labute approximate surface area is 96.8 Å². The lowest BCUT2D eigenvalue weighted by molar-refractivity contribution is 0.0572. The fraction of sp³-hybridized carbons (Fsp3) is 0.750. The van der Waals surface area contributed by atoms with Gasteiger partial charge in [-0.1, -0.05) is 0 Å². The van der Waals surface area contributed by atoms with E-state index in [-0.39, 0.29) is 0 Å². The van der Waals surface area contributed by atoms with Crippen molar-refractivity contribution in [1.29, 1.82) is 0 Å². The van der Waals surface area contributed by atoms with E-state index in [0.717, 1.165) is 6.42 Å². The summed E-state index contributed by atoms with van der Waals surface area (Å²) >= 11 is 0. The molecule has 1 aromatic rings. The molecular weight excluding hydrogens is 202 g/mol. The lowest BCUT2D eigenvalue weighted by atomic mass is 9.92. The molecule has 1 aliphatic carbocycles. The zero-order chi connectivity index (χ0) is 11.4. The number of nitrogens with zero attached hydrogens (tertiary/aromatic N) is 1. The van der Waals surface area contributed by atoms with Crippen LogP contribution in [0.25, 0.3) is 0 Å². The van der Waals surface area contributed by atoms with Crippen molar-refractivity contribution >= 4 is 0 Å². The van der Waals surface area contributed by atoms with Crippen LogP contribution < -0.4 is 5.32 Å². The van der Waals surface area contributed by atoms with Crippen molar-refractivity contribution in [3.05, 3.63) is 18.0 Å². The van der Waals surface area contributed by atoms with Crippen LogP contribution in [0.5, 0.6) is 0 Å². The minimum absolute atomic E-state index is 0.361. The first-order chi connectivity index (χ1) is 7.79. The maximum atomic E-state index is 5.44. The Hall–Kier alpha value is -0.870. The molecular formula is C12H21N3O. The van der Waals surface area contributed by atoms with Gasteiger partial charge in [-0.3, -0.25) is 5.10 Å². The summed E-state index contributed by atoms with van der Waals surface area (Å²) in [4.78, 5) is 0. The molecule has 4 nitrogen and oxygen atoms in total. The number of hydrogen-bond acceptors (Lipinski definition) is 3.